The molecule has 4 nitrogen and oxygen atoms in total. The first kappa shape index (κ1) is 17.4. The van der Waals surface area contributed by atoms with Crippen molar-refractivity contribution in [2.24, 2.45) is 0 Å². The molecule has 0 amide bonds. The number of halogens is 2. The number of likely N-dealkylation sites (N-methyl/N-ethyl adjacent to an activating group) is 1. The van der Waals surface area contributed by atoms with Crippen LogP contribution < -0.4 is 0 Å². The predicted octanol–water partition coefficient (Wildman–Crippen LogP) is 2.61. The van der Waals surface area contributed by atoms with Crippen LogP contribution in [0, 0.1) is 5.82 Å². The summed E-state index contributed by atoms with van der Waals surface area (Å²) in [5.41, 5.74) is 0.542. The molecule has 0 bridgehead atoms. The molecule has 0 saturated carbocycles. The normalized spacial score (nSPS) is 12.1. The maximum absolute atomic E-state index is 13.9. The van der Waals surface area contributed by atoms with Gasteiger partial charge in [0, 0.05) is 25.6 Å². The lowest BCUT2D eigenvalue weighted by atomic mass is 10.2. The third-order valence-corrected chi connectivity index (χ3v) is 5.13. The molecule has 0 aliphatic heterocycles. The molecule has 0 saturated heterocycles. The Kier molecular flexibility index (Phi) is 6.88. The van der Waals surface area contributed by atoms with Gasteiger partial charge in [0.25, 0.3) is 0 Å². The Morgan fingerprint density at radius 3 is 2.55 bits per heavy atom. The van der Waals surface area contributed by atoms with Crippen molar-refractivity contribution in [2.45, 2.75) is 24.6 Å². The third-order valence-electron chi connectivity index (χ3n) is 2.81. The fourth-order valence-corrected chi connectivity index (χ4v) is 3.38. The van der Waals surface area contributed by atoms with E-state index >= 15 is 0 Å². The maximum atomic E-state index is 13.9. The molecule has 20 heavy (non-hydrogen) atoms. The van der Waals surface area contributed by atoms with Crippen molar-refractivity contribution in [1.82, 2.24) is 4.31 Å². The SMILES string of the molecule is CCOCCN(CC)S(=O)(=O)c1ccc(CCl)cc1F. The Morgan fingerprint density at radius 1 is 1.35 bits per heavy atom. The van der Waals surface area contributed by atoms with Gasteiger partial charge in [-0.25, -0.2) is 12.8 Å². The highest BCUT2D eigenvalue weighted by Crippen LogP contribution is 2.21. The van der Waals surface area contributed by atoms with E-state index in [9.17, 15) is 12.8 Å². The van der Waals surface area contributed by atoms with E-state index in [-0.39, 0.29) is 30.5 Å². The monoisotopic (exact) mass is 323 g/mol. The minimum absolute atomic E-state index is 0.138. The standard InChI is InChI=1S/C13H19ClFNO3S/c1-3-16(7-8-19-4-2)20(17,18)13-6-5-11(10-14)9-12(13)15/h5-6,9H,3-4,7-8,10H2,1-2H3. The molecule has 0 atom stereocenters. The number of hydrogen-bond acceptors (Lipinski definition) is 3. The van der Waals surface area contributed by atoms with Crippen molar-refractivity contribution < 1.29 is 17.5 Å². The third kappa shape index (κ3) is 4.15. The van der Waals surface area contributed by atoms with E-state index in [1.807, 2.05) is 6.92 Å². The fourth-order valence-electron chi connectivity index (χ4n) is 1.73. The van der Waals surface area contributed by atoms with E-state index < -0.39 is 15.8 Å². The molecule has 114 valence electrons. The van der Waals surface area contributed by atoms with Crippen LogP contribution in [-0.2, 0) is 20.6 Å². The second-order valence-electron chi connectivity index (χ2n) is 4.09. The summed E-state index contributed by atoms with van der Waals surface area (Å²) in [7, 11) is -3.85. The molecule has 0 unspecified atom stereocenters. The number of rotatable bonds is 8. The molecule has 1 rings (SSSR count). The Hall–Kier alpha value is -0.690. The van der Waals surface area contributed by atoms with Crippen molar-refractivity contribution in [3.63, 3.8) is 0 Å². The Balaban J connectivity index is 3.01. The van der Waals surface area contributed by atoms with Crippen LogP contribution in [0.1, 0.15) is 19.4 Å². The van der Waals surface area contributed by atoms with Crippen molar-refractivity contribution in [2.75, 3.05) is 26.3 Å². The van der Waals surface area contributed by atoms with Crippen LogP contribution >= 0.6 is 11.6 Å². The average molecular weight is 324 g/mol. The highest BCUT2D eigenvalue weighted by Gasteiger charge is 2.26. The zero-order chi connectivity index (χ0) is 15.2. The van der Waals surface area contributed by atoms with Crippen LogP contribution in [0.2, 0.25) is 0 Å². The van der Waals surface area contributed by atoms with E-state index in [2.05, 4.69) is 0 Å². The van der Waals surface area contributed by atoms with Crippen molar-refractivity contribution in [3.05, 3.63) is 29.6 Å². The fraction of sp³-hybridized carbons (Fsp3) is 0.538. The number of sulfonamides is 1. The summed E-state index contributed by atoms with van der Waals surface area (Å²) in [4.78, 5) is -0.329. The molecule has 0 N–H and O–H groups in total. The van der Waals surface area contributed by atoms with Crippen LogP contribution in [0.15, 0.2) is 23.1 Å². The van der Waals surface area contributed by atoms with Crippen molar-refractivity contribution in [3.8, 4) is 0 Å². The molecule has 7 heteroatoms. The van der Waals surface area contributed by atoms with Crippen LogP contribution in [0.4, 0.5) is 4.39 Å². The van der Waals surface area contributed by atoms with Gasteiger partial charge in [-0.2, -0.15) is 4.31 Å². The van der Waals surface area contributed by atoms with E-state index in [1.165, 1.54) is 16.4 Å². The van der Waals surface area contributed by atoms with Gasteiger partial charge in [-0.3, -0.25) is 0 Å². The molecular weight excluding hydrogens is 305 g/mol. The van der Waals surface area contributed by atoms with Gasteiger partial charge < -0.3 is 4.74 Å². The first-order chi connectivity index (χ1) is 9.47. The number of nitrogens with zero attached hydrogens (tertiary/aromatic N) is 1. The van der Waals surface area contributed by atoms with Crippen molar-refractivity contribution >= 4 is 21.6 Å². The molecule has 0 spiro atoms. The number of ether oxygens (including phenoxy) is 1. The Bertz CT molecular complexity index is 536. The van der Waals surface area contributed by atoms with E-state index in [0.29, 0.717) is 12.2 Å². The lowest BCUT2D eigenvalue weighted by Gasteiger charge is -2.20. The van der Waals surface area contributed by atoms with Gasteiger partial charge in [0.15, 0.2) is 0 Å². The van der Waals surface area contributed by atoms with Crippen LogP contribution in [0.25, 0.3) is 0 Å². The summed E-state index contributed by atoms with van der Waals surface area (Å²) in [5.74, 6) is -0.642. The molecule has 1 aromatic rings. The lowest BCUT2D eigenvalue weighted by Crippen LogP contribution is -2.34. The summed E-state index contributed by atoms with van der Waals surface area (Å²) in [6, 6.07) is 3.92. The molecule has 0 aromatic heterocycles. The number of alkyl halides is 1. The lowest BCUT2D eigenvalue weighted by molar-refractivity contribution is 0.135. The topological polar surface area (TPSA) is 46.6 Å². The summed E-state index contributed by atoms with van der Waals surface area (Å²) in [6.07, 6.45) is 0. The molecular formula is C13H19ClFNO3S. The van der Waals surface area contributed by atoms with Gasteiger partial charge >= 0.3 is 0 Å². The second-order valence-corrected chi connectivity index (χ2v) is 6.27. The largest absolute Gasteiger partial charge is 0.380 e. The van der Waals surface area contributed by atoms with E-state index in [4.69, 9.17) is 16.3 Å². The number of hydrogen-bond donors (Lipinski definition) is 0. The molecule has 0 aliphatic carbocycles. The highest BCUT2D eigenvalue weighted by molar-refractivity contribution is 7.89. The van der Waals surface area contributed by atoms with Gasteiger partial charge in [0.2, 0.25) is 10.0 Å². The van der Waals surface area contributed by atoms with Gasteiger partial charge in [-0.05, 0) is 24.6 Å². The Morgan fingerprint density at radius 2 is 2.05 bits per heavy atom. The molecule has 0 aliphatic rings. The van der Waals surface area contributed by atoms with Crippen LogP contribution in [0.3, 0.4) is 0 Å². The molecule has 0 heterocycles. The van der Waals surface area contributed by atoms with Gasteiger partial charge in [0.05, 0.1) is 6.61 Å². The first-order valence-corrected chi connectivity index (χ1v) is 8.37. The summed E-state index contributed by atoms with van der Waals surface area (Å²) < 4.78 is 45.0. The Labute approximate surface area is 124 Å². The minimum atomic E-state index is -3.85. The average Bonchev–Trinajstić information content (AvgIpc) is 2.42. The van der Waals surface area contributed by atoms with Crippen LogP contribution in [-0.4, -0.2) is 39.0 Å². The van der Waals surface area contributed by atoms with Gasteiger partial charge in [0.1, 0.15) is 10.7 Å². The summed E-state index contributed by atoms with van der Waals surface area (Å²) in [5, 5.41) is 0. The second kappa shape index (κ2) is 7.93. The number of benzene rings is 1. The molecule has 1 aromatic carbocycles. The molecule has 0 fully saturated rings. The summed E-state index contributed by atoms with van der Waals surface area (Å²) >= 11 is 5.60. The zero-order valence-electron chi connectivity index (χ0n) is 11.6. The van der Waals surface area contributed by atoms with Crippen LogP contribution in [0.5, 0.6) is 0 Å². The maximum Gasteiger partial charge on any atom is 0.246 e. The van der Waals surface area contributed by atoms with Gasteiger partial charge in [-0.15, -0.1) is 11.6 Å². The van der Waals surface area contributed by atoms with E-state index in [1.54, 1.807) is 6.92 Å². The molecule has 0 radical (unpaired) electrons. The van der Waals surface area contributed by atoms with E-state index in [0.717, 1.165) is 6.07 Å². The predicted molar refractivity (Wildman–Crippen MR) is 76.9 cm³/mol. The van der Waals surface area contributed by atoms with Crippen molar-refractivity contribution in [1.29, 1.82) is 0 Å². The zero-order valence-corrected chi connectivity index (χ0v) is 13.2. The summed E-state index contributed by atoms with van der Waals surface area (Å²) in [6.45, 7) is 4.78. The highest BCUT2D eigenvalue weighted by atomic mass is 35.5. The van der Waals surface area contributed by atoms with Gasteiger partial charge in [-0.1, -0.05) is 13.0 Å². The first-order valence-electron chi connectivity index (χ1n) is 6.39. The quantitative estimate of drug-likeness (QED) is 0.546. The minimum Gasteiger partial charge on any atom is -0.380 e. The smallest absolute Gasteiger partial charge is 0.246 e.